The van der Waals surface area contributed by atoms with Crippen LogP contribution in [0.5, 0.6) is 5.06 Å². The van der Waals surface area contributed by atoms with Crippen LogP contribution in [0, 0.1) is 0 Å². The Kier molecular flexibility index (Phi) is 6.65. The van der Waals surface area contributed by atoms with Crippen LogP contribution in [0.25, 0.3) is 0 Å². The van der Waals surface area contributed by atoms with Crippen LogP contribution in [0.3, 0.4) is 0 Å². The zero-order chi connectivity index (χ0) is 22.0. The summed E-state index contributed by atoms with van der Waals surface area (Å²) in [5, 5.41) is 6.04. The van der Waals surface area contributed by atoms with Gasteiger partial charge in [-0.1, -0.05) is 11.3 Å². The van der Waals surface area contributed by atoms with E-state index in [0.29, 0.717) is 46.9 Å². The number of hydrogen-bond acceptors (Lipinski definition) is 6. The van der Waals surface area contributed by atoms with Gasteiger partial charge in [0.25, 0.3) is 5.91 Å². The summed E-state index contributed by atoms with van der Waals surface area (Å²) >= 11 is 8.09. The van der Waals surface area contributed by atoms with Crippen LogP contribution in [0.1, 0.15) is 19.3 Å². The Morgan fingerprint density at radius 3 is 2.61 bits per heavy atom. The lowest BCUT2D eigenvalue weighted by Gasteiger charge is -2.40. The summed E-state index contributed by atoms with van der Waals surface area (Å²) in [6.07, 6.45) is 1.24. The van der Waals surface area contributed by atoms with E-state index in [0.717, 1.165) is 10.2 Å². The third-order valence-corrected chi connectivity index (χ3v) is 7.34. The number of rotatable bonds is 5. The molecule has 0 radical (unpaired) electrons. The van der Waals surface area contributed by atoms with Crippen LogP contribution in [0.2, 0.25) is 0 Å². The number of thiophene rings is 1. The third kappa shape index (κ3) is 4.94. The minimum absolute atomic E-state index is 0.0532. The highest BCUT2D eigenvalue weighted by atomic mass is 79.9. The van der Waals surface area contributed by atoms with Crippen LogP contribution in [0.4, 0.5) is 16.2 Å². The van der Waals surface area contributed by atoms with Crippen LogP contribution in [-0.4, -0.2) is 43.2 Å². The SMILES string of the molecule is O=C(NC1(C(=O)Nc2ccc(N3CCOCC3=O)c(Br)c2)CCC1)Oc1ccc(Br)s1. The van der Waals surface area contributed by atoms with E-state index in [1.807, 2.05) is 0 Å². The summed E-state index contributed by atoms with van der Waals surface area (Å²) < 4.78 is 12.0. The Morgan fingerprint density at radius 2 is 2.00 bits per heavy atom. The minimum Gasteiger partial charge on any atom is -0.399 e. The number of halogens is 2. The molecule has 1 saturated carbocycles. The first-order valence-corrected chi connectivity index (χ1v) is 12.0. The molecule has 2 N–H and O–H groups in total. The predicted molar refractivity (Wildman–Crippen MR) is 124 cm³/mol. The lowest BCUT2D eigenvalue weighted by molar-refractivity contribution is -0.126. The number of benzene rings is 1. The van der Waals surface area contributed by atoms with Crippen LogP contribution in [0.15, 0.2) is 38.6 Å². The fraction of sp³-hybridized carbons (Fsp3) is 0.350. The van der Waals surface area contributed by atoms with Gasteiger partial charge in [0.2, 0.25) is 5.91 Å². The third-order valence-electron chi connectivity index (χ3n) is 5.21. The van der Waals surface area contributed by atoms with E-state index in [9.17, 15) is 14.4 Å². The standard InChI is InChI=1S/C20H19Br2N3O5S/c21-13-10-12(2-3-14(13)25-8-9-29-11-16(25)26)23-18(27)20(6-1-7-20)24-19(28)30-17-5-4-15(22)31-17/h2-5,10H,1,6-9,11H2,(H,23,27)(H,24,28). The van der Waals surface area contributed by atoms with Gasteiger partial charge in [-0.3, -0.25) is 9.59 Å². The smallest absolute Gasteiger partial charge is 0.399 e. The highest BCUT2D eigenvalue weighted by molar-refractivity contribution is 9.11. The molecule has 164 valence electrons. The molecule has 1 saturated heterocycles. The van der Waals surface area contributed by atoms with E-state index in [2.05, 4.69) is 42.5 Å². The summed E-state index contributed by atoms with van der Waals surface area (Å²) in [4.78, 5) is 39.0. The molecule has 31 heavy (non-hydrogen) atoms. The van der Waals surface area contributed by atoms with Gasteiger partial charge in [0.15, 0.2) is 5.06 Å². The van der Waals surface area contributed by atoms with Crippen molar-refractivity contribution in [3.05, 3.63) is 38.6 Å². The van der Waals surface area contributed by atoms with Crippen molar-refractivity contribution in [2.24, 2.45) is 0 Å². The van der Waals surface area contributed by atoms with Gasteiger partial charge in [0.05, 0.1) is 16.1 Å². The zero-order valence-electron chi connectivity index (χ0n) is 16.3. The minimum atomic E-state index is -1.00. The van der Waals surface area contributed by atoms with Crippen molar-refractivity contribution >= 4 is 72.5 Å². The van der Waals surface area contributed by atoms with Gasteiger partial charge >= 0.3 is 6.09 Å². The lowest BCUT2D eigenvalue weighted by Crippen LogP contribution is -2.61. The van der Waals surface area contributed by atoms with E-state index in [4.69, 9.17) is 9.47 Å². The van der Waals surface area contributed by atoms with Gasteiger partial charge in [-0.25, -0.2) is 4.79 Å². The maximum Gasteiger partial charge on any atom is 0.414 e. The molecule has 1 aliphatic carbocycles. The molecule has 2 aliphatic rings. The molecule has 0 unspecified atom stereocenters. The largest absolute Gasteiger partial charge is 0.414 e. The second-order valence-electron chi connectivity index (χ2n) is 7.23. The number of ether oxygens (including phenoxy) is 2. The molecule has 0 atom stereocenters. The van der Waals surface area contributed by atoms with Crippen LogP contribution < -0.4 is 20.3 Å². The lowest BCUT2D eigenvalue weighted by atomic mass is 9.76. The Hall–Kier alpha value is -1.95. The van der Waals surface area contributed by atoms with Crippen molar-refractivity contribution in [3.63, 3.8) is 0 Å². The number of carbonyl (C=O) groups excluding carboxylic acids is 3. The predicted octanol–water partition coefficient (Wildman–Crippen LogP) is 4.29. The van der Waals surface area contributed by atoms with Gasteiger partial charge in [-0.2, -0.15) is 0 Å². The number of amides is 3. The molecule has 8 nitrogen and oxygen atoms in total. The summed E-state index contributed by atoms with van der Waals surface area (Å²) in [6.45, 7) is 1.00. The summed E-state index contributed by atoms with van der Waals surface area (Å²) in [5.41, 5.74) is 0.273. The maximum atomic E-state index is 13.0. The van der Waals surface area contributed by atoms with E-state index in [1.54, 1.807) is 35.2 Å². The first-order chi connectivity index (χ1) is 14.9. The summed E-state index contributed by atoms with van der Waals surface area (Å²) in [5.74, 6) is -0.414. The van der Waals surface area contributed by atoms with Gasteiger partial charge in [0.1, 0.15) is 12.1 Å². The molecule has 2 fully saturated rings. The Balaban J connectivity index is 1.42. The first kappa shape index (κ1) is 22.3. The molecule has 1 aromatic carbocycles. The molecule has 1 aromatic heterocycles. The maximum absolute atomic E-state index is 13.0. The molecule has 0 bridgehead atoms. The number of nitrogens with one attached hydrogen (secondary N) is 2. The highest BCUT2D eigenvalue weighted by Gasteiger charge is 2.46. The van der Waals surface area contributed by atoms with Crippen molar-refractivity contribution < 1.29 is 23.9 Å². The van der Waals surface area contributed by atoms with Crippen LogP contribution >= 0.6 is 43.2 Å². The quantitative estimate of drug-likeness (QED) is 0.557. The fourth-order valence-electron chi connectivity index (χ4n) is 3.43. The van der Waals surface area contributed by atoms with E-state index in [1.165, 1.54) is 11.3 Å². The molecule has 11 heteroatoms. The number of nitrogens with zero attached hydrogens (tertiary/aromatic N) is 1. The van der Waals surface area contributed by atoms with Gasteiger partial charge < -0.3 is 25.0 Å². The number of morpholine rings is 1. The van der Waals surface area contributed by atoms with Crippen molar-refractivity contribution in [2.75, 3.05) is 30.0 Å². The Morgan fingerprint density at radius 1 is 1.19 bits per heavy atom. The molecule has 3 amide bonds. The normalized spacial score (nSPS) is 17.6. The van der Waals surface area contributed by atoms with Gasteiger partial charge in [-0.15, -0.1) is 0 Å². The fourth-order valence-corrected chi connectivity index (χ4v) is 5.22. The Labute approximate surface area is 199 Å². The molecular weight excluding hydrogens is 554 g/mol. The molecule has 0 spiro atoms. The van der Waals surface area contributed by atoms with Crippen molar-refractivity contribution in [1.29, 1.82) is 0 Å². The Bertz CT molecular complexity index is 1020. The number of anilines is 2. The molecule has 1 aliphatic heterocycles. The number of hydrogen-bond donors (Lipinski definition) is 2. The first-order valence-electron chi connectivity index (χ1n) is 9.61. The average molecular weight is 573 g/mol. The van der Waals surface area contributed by atoms with E-state index in [-0.39, 0.29) is 18.4 Å². The van der Waals surface area contributed by atoms with Gasteiger partial charge in [-0.05, 0) is 81.5 Å². The number of carbonyl (C=O) groups is 3. The van der Waals surface area contributed by atoms with E-state index >= 15 is 0 Å². The van der Waals surface area contributed by atoms with Crippen LogP contribution in [-0.2, 0) is 14.3 Å². The van der Waals surface area contributed by atoms with E-state index < -0.39 is 11.6 Å². The molecule has 2 heterocycles. The van der Waals surface area contributed by atoms with Crippen molar-refractivity contribution in [3.8, 4) is 5.06 Å². The van der Waals surface area contributed by atoms with Crippen molar-refractivity contribution in [2.45, 2.75) is 24.8 Å². The molecule has 2 aromatic rings. The van der Waals surface area contributed by atoms with Gasteiger partial charge in [0, 0.05) is 16.7 Å². The molecule has 4 rings (SSSR count). The summed E-state index contributed by atoms with van der Waals surface area (Å²) in [6, 6.07) is 8.70. The average Bonchev–Trinajstić information content (AvgIpc) is 3.10. The second kappa shape index (κ2) is 9.27. The van der Waals surface area contributed by atoms with Crippen molar-refractivity contribution in [1.82, 2.24) is 5.32 Å². The topological polar surface area (TPSA) is 97.0 Å². The highest BCUT2D eigenvalue weighted by Crippen LogP contribution is 2.35. The molecular formula is C20H19Br2N3O5S. The second-order valence-corrected chi connectivity index (χ2v) is 10.5. The monoisotopic (exact) mass is 571 g/mol. The zero-order valence-corrected chi connectivity index (χ0v) is 20.3. The summed E-state index contributed by atoms with van der Waals surface area (Å²) in [7, 11) is 0.